The minimum absolute atomic E-state index is 0.169. The molecule has 1 aromatic heterocycles. The van der Waals surface area contributed by atoms with E-state index in [4.69, 9.17) is 0 Å². The molecular weight excluding hydrogens is 248 g/mol. The number of aryl methyl sites for hydroxylation is 1. The van der Waals surface area contributed by atoms with Crippen LogP contribution in [0.3, 0.4) is 0 Å². The van der Waals surface area contributed by atoms with Crippen LogP contribution in [-0.2, 0) is 13.5 Å². The van der Waals surface area contributed by atoms with E-state index in [1.807, 2.05) is 12.4 Å². The van der Waals surface area contributed by atoms with Gasteiger partial charge >= 0.3 is 0 Å². The van der Waals surface area contributed by atoms with Gasteiger partial charge in [-0.15, -0.1) is 0 Å². The molecule has 1 aliphatic heterocycles. The van der Waals surface area contributed by atoms with Crippen molar-refractivity contribution in [2.75, 3.05) is 19.6 Å². The predicted octanol–water partition coefficient (Wildman–Crippen LogP) is 2.21. The van der Waals surface area contributed by atoms with Gasteiger partial charge in [-0.05, 0) is 46.3 Å². The third kappa shape index (κ3) is 3.41. The normalized spacial score (nSPS) is 19.2. The van der Waals surface area contributed by atoms with Crippen molar-refractivity contribution >= 4 is 0 Å². The zero-order valence-electron chi connectivity index (χ0n) is 13.5. The summed E-state index contributed by atoms with van der Waals surface area (Å²) in [4.78, 5) is 7.16. The minimum Gasteiger partial charge on any atom is -0.338 e. The Bertz CT molecular complexity index is 404. The van der Waals surface area contributed by atoms with E-state index in [1.54, 1.807) is 0 Å². The standard InChI is InChI=1S/C16H30N4/c1-5-17-14(13-15-18-9-12-19(15)4)16(2,3)20-10-7-6-8-11-20/h9,12,14,17H,5-8,10-11,13H2,1-4H3. The lowest BCUT2D eigenvalue weighted by Gasteiger charge is -2.46. The van der Waals surface area contributed by atoms with Crippen LogP contribution in [0, 0.1) is 0 Å². The van der Waals surface area contributed by atoms with E-state index in [-0.39, 0.29) is 5.54 Å². The molecule has 4 heteroatoms. The molecule has 1 unspecified atom stereocenters. The van der Waals surface area contributed by atoms with Crippen LogP contribution >= 0.6 is 0 Å². The summed E-state index contributed by atoms with van der Waals surface area (Å²) in [6, 6.07) is 0.437. The Morgan fingerprint density at radius 2 is 2.00 bits per heavy atom. The number of rotatable bonds is 6. The summed E-state index contributed by atoms with van der Waals surface area (Å²) in [5, 5.41) is 3.69. The van der Waals surface area contributed by atoms with Crippen LogP contribution in [0.5, 0.6) is 0 Å². The maximum absolute atomic E-state index is 4.50. The Balaban J connectivity index is 2.11. The fourth-order valence-electron chi connectivity index (χ4n) is 3.28. The highest BCUT2D eigenvalue weighted by atomic mass is 15.2. The van der Waals surface area contributed by atoms with Gasteiger partial charge in [0.2, 0.25) is 0 Å². The van der Waals surface area contributed by atoms with E-state index in [9.17, 15) is 0 Å². The molecule has 114 valence electrons. The van der Waals surface area contributed by atoms with Crippen molar-refractivity contribution in [2.45, 2.75) is 58.0 Å². The Kier molecular flexibility index (Phi) is 5.22. The fraction of sp³-hybridized carbons (Fsp3) is 0.812. The second kappa shape index (κ2) is 6.72. The molecule has 0 bridgehead atoms. The largest absolute Gasteiger partial charge is 0.338 e. The van der Waals surface area contributed by atoms with Gasteiger partial charge in [-0.2, -0.15) is 0 Å². The monoisotopic (exact) mass is 278 g/mol. The number of likely N-dealkylation sites (N-methyl/N-ethyl adjacent to an activating group) is 1. The first kappa shape index (κ1) is 15.5. The van der Waals surface area contributed by atoms with Crippen LogP contribution in [0.15, 0.2) is 12.4 Å². The molecule has 1 aliphatic rings. The third-order valence-electron chi connectivity index (χ3n) is 4.78. The molecule has 1 N–H and O–H groups in total. The lowest BCUT2D eigenvalue weighted by Crippen LogP contribution is -2.59. The number of hydrogen-bond acceptors (Lipinski definition) is 3. The van der Waals surface area contributed by atoms with E-state index in [2.05, 4.69) is 47.6 Å². The third-order valence-corrected chi connectivity index (χ3v) is 4.78. The lowest BCUT2D eigenvalue weighted by molar-refractivity contribution is 0.0608. The molecule has 2 rings (SSSR count). The summed E-state index contributed by atoms with van der Waals surface area (Å²) in [5.74, 6) is 1.17. The van der Waals surface area contributed by atoms with Gasteiger partial charge in [0.25, 0.3) is 0 Å². The van der Waals surface area contributed by atoms with Crippen LogP contribution in [0.25, 0.3) is 0 Å². The van der Waals surface area contributed by atoms with E-state index >= 15 is 0 Å². The average molecular weight is 278 g/mol. The molecule has 0 aliphatic carbocycles. The van der Waals surface area contributed by atoms with Crippen LogP contribution in [0.2, 0.25) is 0 Å². The molecule has 0 aromatic carbocycles. The quantitative estimate of drug-likeness (QED) is 0.866. The highest BCUT2D eigenvalue weighted by Gasteiger charge is 2.36. The van der Waals surface area contributed by atoms with Gasteiger partial charge in [0, 0.05) is 37.4 Å². The second-order valence-electron chi connectivity index (χ2n) is 6.47. The summed E-state index contributed by atoms with van der Waals surface area (Å²) in [6.07, 6.45) is 8.98. The van der Waals surface area contributed by atoms with Gasteiger partial charge < -0.3 is 9.88 Å². The molecular formula is C16H30N4. The average Bonchev–Trinajstić information content (AvgIpc) is 2.85. The van der Waals surface area contributed by atoms with Crippen molar-refractivity contribution in [3.05, 3.63) is 18.2 Å². The first-order valence-corrected chi connectivity index (χ1v) is 8.00. The minimum atomic E-state index is 0.169. The van der Waals surface area contributed by atoms with Crippen molar-refractivity contribution in [3.8, 4) is 0 Å². The highest BCUT2D eigenvalue weighted by Crippen LogP contribution is 2.25. The topological polar surface area (TPSA) is 33.1 Å². The van der Waals surface area contributed by atoms with Crippen LogP contribution in [-0.4, -0.2) is 45.7 Å². The van der Waals surface area contributed by atoms with E-state index in [0.29, 0.717) is 6.04 Å². The lowest BCUT2D eigenvalue weighted by atomic mass is 9.87. The van der Waals surface area contributed by atoms with E-state index < -0.39 is 0 Å². The second-order valence-corrected chi connectivity index (χ2v) is 6.47. The fourth-order valence-corrected chi connectivity index (χ4v) is 3.28. The zero-order chi connectivity index (χ0) is 14.6. The van der Waals surface area contributed by atoms with Gasteiger partial charge in [0.05, 0.1) is 0 Å². The van der Waals surface area contributed by atoms with Crippen molar-refractivity contribution in [3.63, 3.8) is 0 Å². The number of likely N-dealkylation sites (tertiary alicyclic amines) is 1. The SMILES string of the molecule is CCNC(Cc1nccn1C)C(C)(C)N1CCCCC1. The van der Waals surface area contributed by atoms with Gasteiger partial charge in [-0.3, -0.25) is 4.90 Å². The van der Waals surface area contributed by atoms with Gasteiger partial charge in [0.15, 0.2) is 0 Å². The summed E-state index contributed by atoms with van der Waals surface area (Å²) in [5.41, 5.74) is 0.169. The van der Waals surface area contributed by atoms with Gasteiger partial charge in [-0.1, -0.05) is 13.3 Å². The van der Waals surface area contributed by atoms with Crippen molar-refractivity contribution in [1.29, 1.82) is 0 Å². The Labute approximate surface area is 123 Å². The summed E-state index contributed by atoms with van der Waals surface area (Å²) in [6.45, 7) is 10.4. The number of nitrogens with one attached hydrogen (secondary N) is 1. The van der Waals surface area contributed by atoms with Gasteiger partial charge in [-0.25, -0.2) is 4.98 Å². The molecule has 4 nitrogen and oxygen atoms in total. The Morgan fingerprint density at radius 3 is 2.55 bits per heavy atom. The Morgan fingerprint density at radius 1 is 1.30 bits per heavy atom. The molecule has 1 atom stereocenters. The van der Waals surface area contributed by atoms with Crippen molar-refractivity contribution < 1.29 is 0 Å². The van der Waals surface area contributed by atoms with E-state index in [1.165, 1.54) is 38.2 Å². The molecule has 0 amide bonds. The Hall–Kier alpha value is -0.870. The number of aromatic nitrogens is 2. The zero-order valence-corrected chi connectivity index (χ0v) is 13.5. The molecule has 1 aromatic rings. The molecule has 20 heavy (non-hydrogen) atoms. The van der Waals surface area contributed by atoms with Crippen molar-refractivity contribution in [1.82, 2.24) is 19.8 Å². The molecule has 1 fully saturated rings. The maximum atomic E-state index is 4.50. The molecule has 0 saturated carbocycles. The van der Waals surface area contributed by atoms with Crippen LogP contribution in [0.1, 0.15) is 45.9 Å². The molecule has 2 heterocycles. The number of hydrogen-bond donors (Lipinski definition) is 1. The first-order chi connectivity index (χ1) is 9.55. The van der Waals surface area contributed by atoms with Crippen molar-refractivity contribution in [2.24, 2.45) is 7.05 Å². The smallest absolute Gasteiger partial charge is 0.109 e. The summed E-state index contributed by atoms with van der Waals surface area (Å²) >= 11 is 0. The van der Waals surface area contributed by atoms with Gasteiger partial charge in [0.1, 0.15) is 5.82 Å². The summed E-state index contributed by atoms with van der Waals surface area (Å²) in [7, 11) is 2.08. The van der Waals surface area contributed by atoms with Crippen LogP contribution in [0.4, 0.5) is 0 Å². The highest BCUT2D eigenvalue weighted by molar-refractivity contribution is 5.02. The number of imidazole rings is 1. The molecule has 0 radical (unpaired) electrons. The number of nitrogens with zero attached hydrogens (tertiary/aromatic N) is 3. The van der Waals surface area contributed by atoms with Crippen LogP contribution < -0.4 is 5.32 Å². The summed E-state index contributed by atoms with van der Waals surface area (Å²) < 4.78 is 2.14. The maximum Gasteiger partial charge on any atom is 0.109 e. The predicted molar refractivity (Wildman–Crippen MR) is 83.9 cm³/mol. The molecule has 1 saturated heterocycles. The molecule has 0 spiro atoms. The first-order valence-electron chi connectivity index (χ1n) is 8.00. The van der Waals surface area contributed by atoms with E-state index in [0.717, 1.165) is 13.0 Å². The number of piperidine rings is 1.